The van der Waals surface area contributed by atoms with Crippen molar-refractivity contribution in [1.82, 2.24) is 9.88 Å². The summed E-state index contributed by atoms with van der Waals surface area (Å²) in [6, 6.07) is 5.39. The first-order valence-electron chi connectivity index (χ1n) is 7.05. The van der Waals surface area contributed by atoms with Crippen molar-refractivity contribution in [3.8, 4) is 0 Å². The lowest BCUT2D eigenvalue weighted by atomic mass is 10.1. The summed E-state index contributed by atoms with van der Waals surface area (Å²) in [5.74, 6) is 0. The van der Waals surface area contributed by atoms with Gasteiger partial charge in [-0.1, -0.05) is 12.1 Å². The molecular weight excluding hydrogens is 311 g/mol. The van der Waals surface area contributed by atoms with Crippen LogP contribution in [0, 0.1) is 0 Å². The van der Waals surface area contributed by atoms with Crippen molar-refractivity contribution in [3.63, 3.8) is 0 Å². The number of amides is 1. The molecule has 1 aliphatic heterocycles. The third kappa shape index (κ3) is 3.01. The number of fused-ring (bicyclic) bond motifs is 1. The Morgan fingerprint density at radius 2 is 2.13 bits per heavy atom. The van der Waals surface area contributed by atoms with Crippen molar-refractivity contribution in [2.24, 2.45) is 0 Å². The first-order valence-corrected chi connectivity index (χ1v) is 7.05. The molecule has 2 heterocycles. The Morgan fingerprint density at radius 3 is 2.78 bits per heavy atom. The summed E-state index contributed by atoms with van der Waals surface area (Å²) in [6.45, 7) is 0.710. The zero-order valence-electron chi connectivity index (χ0n) is 12.0. The number of hydrogen-bond acceptors (Lipinski definition) is 3. The van der Waals surface area contributed by atoms with E-state index < -0.39 is 17.8 Å². The van der Waals surface area contributed by atoms with Crippen molar-refractivity contribution in [3.05, 3.63) is 36.0 Å². The largest absolute Gasteiger partial charge is 0.465 e. The minimum absolute atomic E-state index is 0.113. The maximum absolute atomic E-state index is 13.1. The van der Waals surface area contributed by atoms with E-state index in [9.17, 15) is 18.0 Å². The minimum atomic E-state index is -4.47. The van der Waals surface area contributed by atoms with E-state index in [1.165, 1.54) is 17.2 Å². The van der Waals surface area contributed by atoms with Gasteiger partial charge in [-0.3, -0.25) is 4.98 Å². The normalized spacial score (nSPS) is 18.4. The molecule has 1 fully saturated rings. The van der Waals surface area contributed by atoms with Gasteiger partial charge in [0, 0.05) is 36.4 Å². The van der Waals surface area contributed by atoms with Gasteiger partial charge in [0.25, 0.3) is 0 Å². The molecule has 3 rings (SSSR count). The summed E-state index contributed by atoms with van der Waals surface area (Å²) in [5.41, 5.74) is -0.367. The monoisotopic (exact) mass is 325 g/mol. The number of nitrogens with one attached hydrogen (secondary N) is 1. The van der Waals surface area contributed by atoms with Gasteiger partial charge in [0.15, 0.2) is 0 Å². The molecule has 0 saturated carbocycles. The molecule has 0 spiro atoms. The second-order valence-electron chi connectivity index (χ2n) is 5.42. The quantitative estimate of drug-likeness (QED) is 0.888. The van der Waals surface area contributed by atoms with E-state index in [2.05, 4.69) is 10.3 Å². The van der Waals surface area contributed by atoms with Crippen LogP contribution in [0.4, 0.5) is 23.7 Å². The topological polar surface area (TPSA) is 65.5 Å². The number of carbonyl (C=O) groups is 1. The van der Waals surface area contributed by atoms with Gasteiger partial charge in [-0.2, -0.15) is 13.2 Å². The van der Waals surface area contributed by atoms with Gasteiger partial charge in [-0.05, 0) is 18.6 Å². The van der Waals surface area contributed by atoms with Gasteiger partial charge in [0.05, 0.1) is 11.1 Å². The number of likely N-dealkylation sites (tertiary alicyclic amines) is 1. The fourth-order valence-corrected chi connectivity index (χ4v) is 2.80. The molecule has 0 radical (unpaired) electrons. The molecule has 1 aliphatic rings. The molecule has 5 nitrogen and oxygen atoms in total. The van der Waals surface area contributed by atoms with Crippen LogP contribution in [0.2, 0.25) is 0 Å². The molecule has 23 heavy (non-hydrogen) atoms. The van der Waals surface area contributed by atoms with Crippen LogP contribution >= 0.6 is 0 Å². The molecule has 8 heteroatoms. The van der Waals surface area contributed by atoms with E-state index in [-0.39, 0.29) is 11.6 Å². The van der Waals surface area contributed by atoms with Crippen molar-refractivity contribution >= 4 is 22.7 Å². The SMILES string of the molecule is O=C(O)N1CCC(Nc2ccnc3c(C(F)(F)F)cccc23)C1. The fraction of sp³-hybridized carbons (Fsp3) is 0.333. The van der Waals surface area contributed by atoms with Crippen molar-refractivity contribution in [2.45, 2.75) is 18.6 Å². The highest BCUT2D eigenvalue weighted by atomic mass is 19.4. The van der Waals surface area contributed by atoms with E-state index in [4.69, 9.17) is 5.11 Å². The van der Waals surface area contributed by atoms with E-state index in [0.29, 0.717) is 30.6 Å². The number of anilines is 1. The van der Waals surface area contributed by atoms with Crippen LogP contribution in [-0.4, -0.2) is 40.2 Å². The van der Waals surface area contributed by atoms with Crippen LogP contribution in [-0.2, 0) is 6.18 Å². The number of alkyl halides is 3. The second-order valence-corrected chi connectivity index (χ2v) is 5.42. The standard InChI is InChI=1S/C15H14F3N3O2/c16-15(17,18)11-3-1-2-10-12(4-6-19-13(10)11)20-9-5-7-21(8-9)14(22)23/h1-4,6,9H,5,7-8H2,(H,19,20)(H,22,23). The number of hydrogen-bond donors (Lipinski definition) is 2. The maximum Gasteiger partial charge on any atom is 0.418 e. The van der Waals surface area contributed by atoms with Crippen LogP contribution in [0.5, 0.6) is 0 Å². The first-order chi connectivity index (χ1) is 10.9. The van der Waals surface area contributed by atoms with Crippen molar-refractivity contribution in [1.29, 1.82) is 0 Å². The van der Waals surface area contributed by atoms with E-state index in [1.54, 1.807) is 12.1 Å². The molecule has 0 bridgehead atoms. The maximum atomic E-state index is 13.1. The summed E-state index contributed by atoms with van der Waals surface area (Å²) >= 11 is 0. The predicted octanol–water partition coefficient (Wildman–Crippen LogP) is 3.42. The number of pyridine rings is 1. The molecule has 2 aromatic rings. The lowest BCUT2D eigenvalue weighted by Crippen LogP contribution is -2.30. The highest BCUT2D eigenvalue weighted by molar-refractivity contribution is 5.93. The Kier molecular flexibility index (Phi) is 3.75. The lowest BCUT2D eigenvalue weighted by Gasteiger charge is -2.17. The molecule has 2 N–H and O–H groups in total. The van der Waals surface area contributed by atoms with Crippen molar-refractivity contribution in [2.75, 3.05) is 18.4 Å². The van der Waals surface area contributed by atoms with Gasteiger partial charge in [0.1, 0.15) is 0 Å². The number of aromatic nitrogens is 1. The van der Waals surface area contributed by atoms with Gasteiger partial charge in [-0.25, -0.2) is 4.79 Å². The Balaban J connectivity index is 1.92. The highest BCUT2D eigenvalue weighted by Gasteiger charge is 2.33. The average Bonchev–Trinajstić information content (AvgIpc) is 2.95. The smallest absolute Gasteiger partial charge is 0.418 e. The summed E-state index contributed by atoms with van der Waals surface area (Å²) in [6.07, 6.45) is -3.54. The fourth-order valence-electron chi connectivity index (χ4n) is 2.80. The van der Waals surface area contributed by atoms with Crippen LogP contribution < -0.4 is 5.32 Å². The molecular formula is C15H14F3N3O2. The molecule has 1 atom stereocenters. The van der Waals surface area contributed by atoms with Gasteiger partial charge < -0.3 is 15.3 Å². The molecule has 122 valence electrons. The molecule has 1 amide bonds. The summed E-state index contributed by atoms with van der Waals surface area (Å²) in [4.78, 5) is 16.1. The first kappa shape index (κ1) is 15.4. The van der Waals surface area contributed by atoms with Gasteiger partial charge in [-0.15, -0.1) is 0 Å². The van der Waals surface area contributed by atoms with E-state index in [1.807, 2.05) is 0 Å². The summed E-state index contributed by atoms with van der Waals surface area (Å²) < 4.78 is 39.2. The summed E-state index contributed by atoms with van der Waals surface area (Å²) in [5, 5.41) is 12.5. The van der Waals surface area contributed by atoms with Crippen LogP contribution in [0.15, 0.2) is 30.5 Å². The number of benzene rings is 1. The number of nitrogens with zero attached hydrogens (tertiary/aromatic N) is 2. The number of para-hydroxylation sites is 1. The Morgan fingerprint density at radius 1 is 1.35 bits per heavy atom. The Labute approximate surface area is 129 Å². The molecule has 1 aromatic carbocycles. The second kappa shape index (κ2) is 5.60. The van der Waals surface area contributed by atoms with Gasteiger partial charge >= 0.3 is 12.3 Å². The third-order valence-corrected chi connectivity index (χ3v) is 3.89. The van der Waals surface area contributed by atoms with Gasteiger partial charge in [0.2, 0.25) is 0 Å². The third-order valence-electron chi connectivity index (χ3n) is 3.89. The van der Waals surface area contributed by atoms with Crippen molar-refractivity contribution < 1.29 is 23.1 Å². The van der Waals surface area contributed by atoms with Crippen LogP contribution in [0.25, 0.3) is 10.9 Å². The van der Waals surface area contributed by atoms with E-state index >= 15 is 0 Å². The zero-order chi connectivity index (χ0) is 16.6. The average molecular weight is 325 g/mol. The number of halogens is 3. The van der Waals surface area contributed by atoms with Crippen LogP contribution in [0.1, 0.15) is 12.0 Å². The Bertz CT molecular complexity index is 748. The van der Waals surface area contributed by atoms with E-state index in [0.717, 1.165) is 6.07 Å². The zero-order valence-corrected chi connectivity index (χ0v) is 12.0. The molecule has 1 aromatic heterocycles. The number of carboxylic acid groups (broad SMARTS) is 1. The summed E-state index contributed by atoms with van der Waals surface area (Å²) in [7, 11) is 0. The highest BCUT2D eigenvalue weighted by Crippen LogP contribution is 2.36. The lowest BCUT2D eigenvalue weighted by molar-refractivity contribution is -0.136. The molecule has 1 saturated heterocycles. The van der Waals surface area contributed by atoms with Crippen LogP contribution in [0.3, 0.4) is 0 Å². The molecule has 0 aliphatic carbocycles. The Hall–Kier alpha value is -2.51. The molecule has 1 unspecified atom stereocenters. The minimum Gasteiger partial charge on any atom is -0.465 e. The number of rotatable bonds is 2. The predicted molar refractivity (Wildman–Crippen MR) is 78.4 cm³/mol.